The van der Waals surface area contributed by atoms with Gasteiger partial charge in [-0.1, -0.05) is 18.2 Å². The van der Waals surface area contributed by atoms with Gasteiger partial charge < -0.3 is 10.2 Å². The van der Waals surface area contributed by atoms with Crippen LogP contribution in [0.3, 0.4) is 0 Å². The molecule has 0 aliphatic carbocycles. The maximum atomic E-state index is 13.2. The van der Waals surface area contributed by atoms with Crippen LogP contribution in [0, 0.1) is 15.9 Å². The molecule has 0 saturated heterocycles. The molecule has 0 saturated carbocycles. The molecule has 12 heteroatoms. The summed E-state index contributed by atoms with van der Waals surface area (Å²) in [5, 5.41) is 13.5. The van der Waals surface area contributed by atoms with Crippen molar-refractivity contribution in [2.45, 2.75) is 19.5 Å². The number of sulfonamides is 1. The molecule has 2 rings (SSSR count). The molecule has 0 radical (unpaired) electrons. The lowest BCUT2D eigenvalue weighted by molar-refractivity contribution is -0.384. The van der Waals surface area contributed by atoms with E-state index in [1.54, 1.807) is 0 Å². The van der Waals surface area contributed by atoms with Gasteiger partial charge in [0, 0.05) is 25.7 Å². The average molecular weight is 466 g/mol. The molecule has 32 heavy (non-hydrogen) atoms. The molecule has 0 spiro atoms. The number of rotatable bonds is 9. The number of hydrogen-bond donors (Lipinski definition) is 1. The zero-order chi connectivity index (χ0) is 24.1. The Kier molecular flexibility index (Phi) is 7.87. The van der Waals surface area contributed by atoms with E-state index in [2.05, 4.69) is 5.32 Å². The van der Waals surface area contributed by atoms with Gasteiger partial charge in [0.25, 0.3) is 5.69 Å². The van der Waals surface area contributed by atoms with Gasteiger partial charge in [-0.2, -0.15) is 0 Å². The van der Waals surface area contributed by atoms with Gasteiger partial charge in [-0.05, 0) is 30.7 Å². The minimum absolute atomic E-state index is 0.0654. The van der Waals surface area contributed by atoms with Gasteiger partial charge in [-0.3, -0.25) is 24.0 Å². The smallest absolute Gasteiger partial charge is 0.271 e. The van der Waals surface area contributed by atoms with Crippen LogP contribution in [0.5, 0.6) is 0 Å². The number of anilines is 1. The van der Waals surface area contributed by atoms with Crippen molar-refractivity contribution in [1.29, 1.82) is 0 Å². The van der Waals surface area contributed by atoms with Crippen molar-refractivity contribution in [3.63, 3.8) is 0 Å². The highest BCUT2D eigenvalue weighted by molar-refractivity contribution is 7.92. The molecule has 2 aromatic rings. The first-order chi connectivity index (χ1) is 14.9. The number of nitro groups is 1. The van der Waals surface area contributed by atoms with Gasteiger partial charge in [0.15, 0.2) is 0 Å². The van der Waals surface area contributed by atoms with Gasteiger partial charge in [0.05, 0.1) is 16.9 Å². The maximum absolute atomic E-state index is 13.2. The van der Waals surface area contributed by atoms with Crippen molar-refractivity contribution < 1.29 is 27.3 Å². The van der Waals surface area contributed by atoms with Crippen LogP contribution in [0.4, 0.5) is 15.8 Å². The molecule has 1 unspecified atom stereocenters. The zero-order valence-electron chi connectivity index (χ0n) is 17.7. The Morgan fingerprint density at radius 1 is 1.19 bits per heavy atom. The van der Waals surface area contributed by atoms with Crippen molar-refractivity contribution in [3.05, 3.63) is 70.0 Å². The SMILES string of the molecule is CNC(=O)C(C)N(Cc1ccc(F)cc1)C(=O)CN(c1cccc([N+](=O)[O-])c1)S(C)(=O)=O. The topological polar surface area (TPSA) is 130 Å². The Balaban J connectivity index is 2.41. The molecule has 172 valence electrons. The molecule has 1 N–H and O–H groups in total. The van der Waals surface area contributed by atoms with Crippen LogP contribution in [0.1, 0.15) is 12.5 Å². The summed E-state index contributed by atoms with van der Waals surface area (Å²) in [5.41, 5.74) is 0.117. The Bertz CT molecular complexity index is 1110. The van der Waals surface area contributed by atoms with Crippen LogP contribution >= 0.6 is 0 Å². The summed E-state index contributed by atoms with van der Waals surface area (Å²) >= 11 is 0. The fraction of sp³-hybridized carbons (Fsp3) is 0.300. The summed E-state index contributed by atoms with van der Waals surface area (Å²) in [6, 6.07) is 9.20. The molecule has 10 nitrogen and oxygen atoms in total. The van der Waals surface area contributed by atoms with Crippen molar-refractivity contribution in [2.24, 2.45) is 0 Å². The van der Waals surface area contributed by atoms with Crippen LogP contribution in [0.2, 0.25) is 0 Å². The van der Waals surface area contributed by atoms with E-state index in [4.69, 9.17) is 0 Å². The first-order valence-electron chi connectivity index (χ1n) is 9.41. The monoisotopic (exact) mass is 466 g/mol. The van der Waals surface area contributed by atoms with E-state index in [1.165, 1.54) is 56.4 Å². The molecule has 2 amide bonds. The molecule has 0 aliphatic heterocycles. The third-order valence-corrected chi connectivity index (χ3v) is 5.83. The van der Waals surface area contributed by atoms with Gasteiger partial charge >= 0.3 is 0 Å². The summed E-state index contributed by atoms with van der Waals surface area (Å²) < 4.78 is 38.8. The normalized spacial score (nSPS) is 12.0. The van der Waals surface area contributed by atoms with E-state index in [-0.39, 0.29) is 17.9 Å². The molecule has 1 atom stereocenters. The summed E-state index contributed by atoms with van der Waals surface area (Å²) in [6.07, 6.45) is 0.867. The number of hydrogen-bond acceptors (Lipinski definition) is 6. The van der Waals surface area contributed by atoms with Crippen molar-refractivity contribution in [1.82, 2.24) is 10.2 Å². The van der Waals surface area contributed by atoms with Crippen LogP contribution < -0.4 is 9.62 Å². The summed E-state index contributed by atoms with van der Waals surface area (Å²) in [4.78, 5) is 36.9. The van der Waals surface area contributed by atoms with Gasteiger partial charge in [0.1, 0.15) is 18.4 Å². The second kappa shape index (κ2) is 10.2. The highest BCUT2D eigenvalue weighted by atomic mass is 32.2. The number of halogens is 1. The predicted molar refractivity (Wildman–Crippen MR) is 116 cm³/mol. The third kappa shape index (κ3) is 6.23. The van der Waals surface area contributed by atoms with E-state index >= 15 is 0 Å². The summed E-state index contributed by atoms with van der Waals surface area (Å²) in [5.74, 6) is -1.68. The van der Waals surface area contributed by atoms with Gasteiger partial charge in [-0.15, -0.1) is 0 Å². The van der Waals surface area contributed by atoms with Crippen molar-refractivity contribution in [2.75, 3.05) is 24.2 Å². The third-order valence-electron chi connectivity index (χ3n) is 4.69. The van der Waals surface area contributed by atoms with Crippen molar-refractivity contribution >= 4 is 33.2 Å². The first kappa shape index (κ1) is 24.7. The molecular weight excluding hydrogens is 443 g/mol. The van der Waals surface area contributed by atoms with E-state index in [9.17, 15) is 32.5 Å². The number of carbonyl (C=O) groups excluding carboxylic acids is 2. The number of nitrogens with zero attached hydrogens (tertiary/aromatic N) is 3. The predicted octanol–water partition coefficient (Wildman–Crippen LogP) is 1.66. The van der Waals surface area contributed by atoms with Crippen LogP contribution in [-0.2, 0) is 26.2 Å². The van der Waals surface area contributed by atoms with Gasteiger partial charge in [-0.25, -0.2) is 12.8 Å². The fourth-order valence-corrected chi connectivity index (χ4v) is 3.79. The average Bonchev–Trinajstić information content (AvgIpc) is 2.75. The molecule has 0 fully saturated rings. The Morgan fingerprint density at radius 3 is 2.34 bits per heavy atom. The lowest BCUT2D eigenvalue weighted by atomic mass is 10.1. The largest absolute Gasteiger partial charge is 0.357 e. The summed E-state index contributed by atoms with van der Waals surface area (Å²) in [7, 11) is -2.61. The van der Waals surface area contributed by atoms with Crippen LogP contribution in [0.25, 0.3) is 0 Å². The minimum Gasteiger partial charge on any atom is -0.357 e. The molecular formula is C20H23FN4O6S. The minimum atomic E-state index is -4.01. The van der Waals surface area contributed by atoms with Crippen molar-refractivity contribution in [3.8, 4) is 0 Å². The van der Waals surface area contributed by atoms with E-state index < -0.39 is 45.2 Å². The Hall–Kier alpha value is -3.54. The number of benzene rings is 2. The molecule has 0 aromatic heterocycles. The van der Waals surface area contributed by atoms with E-state index in [0.29, 0.717) is 5.56 Å². The van der Waals surface area contributed by atoms with E-state index in [1.807, 2.05) is 0 Å². The Morgan fingerprint density at radius 2 is 1.81 bits per heavy atom. The second-order valence-electron chi connectivity index (χ2n) is 6.98. The molecule has 0 heterocycles. The molecule has 2 aromatic carbocycles. The number of carbonyl (C=O) groups is 2. The Labute approximate surface area is 184 Å². The highest BCUT2D eigenvalue weighted by Crippen LogP contribution is 2.23. The first-order valence-corrected chi connectivity index (χ1v) is 11.3. The lowest BCUT2D eigenvalue weighted by Crippen LogP contribution is -2.50. The number of nitro benzene ring substituents is 1. The number of likely N-dealkylation sites (N-methyl/N-ethyl adjacent to an activating group) is 1. The van der Waals surface area contributed by atoms with Crippen LogP contribution in [-0.4, -0.2) is 55.9 Å². The number of amides is 2. The quantitative estimate of drug-likeness (QED) is 0.442. The summed E-state index contributed by atoms with van der Waals surface area (Å²) in [6.45, 7) is 0.696. The fourth-order valence-electron chi connectivity index (χ4n) is 2.95. The molecule has 0 bridgehead atoms. The van der Waals surface area contributed by atoms with Gasteiger partial charge in [0.2, 0.25) is 21.8 Å². The lowest BCUT2D eigenvalue weighted by Gasteiger charge is -2.31. The number of non-ortho nitro benzene ring substituents is 1. The molecule has 0 aliphatic rings. The highest BCUT2D eigenvalue weighted by Gasteiger charge is 2.30. The van der Waals surface area contributed by atoms with Crippen LogP contribution in [0.15, 0.2) is 48.5 Å². The second-order valence-corrected chi connectivity index (χ2v) is 8.89. The zero-order valence-corrected chi connectivity index (χ0v) is 18.5. The number of nitrogens with one attached hydrogen (secondary N) is 1. The maximum Gasteiger partial charge on any atom is 0.271 e. The standard InChI is InChI=1S/C20H23FN4O6S/c1-14(20(27)22-2)23(12-15-7-9-16(21)10-8-15)19(26)13-24(32(3,30)31)17-5-4-6-18(11-17)25(28)29/h4-11,14H,12-13H2,1-3H3,(H,22,27). The van der Waals surface area contributed by atoms with E-state index in [0.717, 1.165) is 21.5 Å².